The standard InChI is InChI=1S/C13H26N2O/c1-2-15(11-5-3-4-6-11)10-13-8-7-12(9-14)16-13/h11-13H,2-10,14H2,1H3. The van der Waals surface area contributed by atoms with Crippen molar-refractivity contribution < 1.29 is 4.74 Å². The largest absolute Gasteiger partial charge is 0.372 e. The van der Waals surface area contributed by atoms with Crippen LogP contribution in [0.4, 0.5) is 0 Å². The summed E-state index contributed by atoms with van der Waals surface area (Å²) in [4.78, 5) is 2.62. The summed E-state index contributed by atoms with van der Waals surface area (Å²) in [6.45, 7) is 5.25. The monoisotopic (exact) mass is 226 g/mol. The molecule has 0 aromatic heterocycles. The number of nitrogens with zero attached hydrogens (tertiary/aromatic N) is 1. The Morgan fingerprint density at radius 2 is 1.81 bits per heavy atom. The Balaban J connectivity index is 1.78. The van der Waals surface area contributed by atoms with Crippen molar-refractivity contribution in [3.8, 4) is 0 Å². The van der Waals surface area contributed by atoms with Crippen LogP contribution in [-0.2, 0) is 4.74 Å². The minimum absolute atomic E-state index is 0.326. The summed E-state index contributed by atoms with van der Waals surface area (Å²) in [6.07, 6.45) is 8.73. The van der Waals surface area contributed by atoms with E-state index >= 15 is 0 Å². The Hall–Kier alpha value is -0.120. The molecule has 2 N–H and O–H groups in total. The third kappa shape index (κ3) is 2.96. The maximum atomic E-state index is 5.94. The summed E-state index contributed by atoms with van der Waals surface area (Å²) < 4.78 is 5.94. The van der Waals surface area contributed by atoms with E-state index in [2.05, 4.69) is 11.8 Å². The molecule has 16 heavy (non-hydrogen) atoms. The zero-order valence-electron chi connectivity index (χ0n) is 10.5. The smallest absolute Gasteiger partial charge is 0.0707 e. The lowest BCUT2D eigenvalue weighted by Crippen LogP contribution is -2.39. The number of hydrogen-bond acceptors (Lipinski definition) is 3. The number of nitrogens with two attached hydrogens (primary N) is 1. The van der Waals surface area contributed by atoms with E-state index in [-0.39, 0.29) is 0 Å². The van der Waals surface area contributed by atoms with Gasteiger partial charge in [-0.3, -0.25) is 4.90 Å². The Labute approximate surface area is 99.3 Å². The quantitative estimate of drug-likeness (QED) is 0.776. The zero-order chi connectivity index (χ0) is 11.4. The number of ether oxygens (including phenoxy) is 1. The van der Waals surface area contributed by atoms with E-state index in [1.807, 2.05) is 0 Å². The Bertz CT molecular complexity index is 204. The molecular formula is C13H26N2O. The van der Waals surface area contributed by atoms with Crippen LogP contribution in [0.5, 0.6) is 0 Å². The molecule has 0 radical (unpaired) electrons. The Morgan fingerprint density at radius 1 is 1.12 bits per heavy atom. The molecule has 3 nitrogen and oxygen atoms in total. The third-order valence-corrected chi connectivity index (χ3v) is 4.14. The van der Waals surface area contributed by atoms with Gasteiger partial charge in [0.25, 0.3) is 0 Å². The van der Waals surface area contributed by atoms with E-state index in [9.17, 15) is 0 Å². The molecule has 2 aliphatic rings. The van der Waals surface area contributed by atoms with Gasteiger partial charge < -0.3 is 10.5 Å². The summed E-state index contributed by atoms with van der Waals surface area (Å²) in [5.74, 6) is 0. The molecule has 3 heteroatoms. The fraction of sp³-hybridized carbons (Fsp3) is 1.00. The van der Waals surface area contributed by atoms with E-state index in [4.69, 9.17) is 10.5 Å². The van der Waals surface area contributed by atoms with Crippen LogP contribution in [0.2, 0.25) is 0 Å². The fourth-order valence-corrected chi connectivity index (χ4v) is 3.16. The van der Waals surface area contributed by atoms with Crippen LogP contribution in [0.15, 0.2) is 0 Å². The number of likely N-dealkylation sites (N-methyl/N-ethyl adjacent to an activating group) is 1. The van der Waals surface area contributed by atoms with Crippen molar-refractivity contribution in [3.05, 3.63) is 0 Å². The second-order valence-electron chi connectivity index (χ2n) is 5.22. The molecule has 2 rings (SSSR count). The van der Waals surface area contributed by atoms with Crippen molar-refractivity contribution in [1.29, 1.82) is 0 Å². The second-order valence-corrected chi connectivity index (χ2v) is 5.22. The van der Waals surface area contributed by atoms with Crippen molar-refractivity contribution in [2.24, 2.45) is 5.73 Å². The van der Waals surface area contributed by atoms with Crippen molar-refractivity contribution in [1.82, 2.24) is 4.90 Å². The molecule has 2 atom stereocenters. The molecule has 0 bridgehead atoms. The third-order valence-electron chi connectivity index (χ3n) is 4.14. The van der Waals surface area contributed by atoms with Crippen LogP contribution in [0.1, 0.15) is 45.4 Å². The molecule has 0 amide bonds. The molecular weight excluding hydrogens is 200 g/mol. The minimum Gasteiger partial charge on any atom is -0.372 e. The topological polar surface area (TPSA) is 38.5 Å². The summed E-state index contributed by atoms with van der Waals surface area (Å²) in [7, 11) is 0. The van der Waals surface area contributed by atoms with Crippen molar-refractivity contribution in [2.75, 3.05) is 19.6 Å². The highest BCUT2D eigenvalue weighted by Gasteiger charge is 2.28. The highest BCUT2D eigenvalue weighted by atomic mass is 16.5. The number of hydrogen-bond donors (Lipinski definition) is 1. The Morgan fingerprint density at radius 3 is 2.38 bits per heavy atom. The van der Waals surface area contributed by atoms with Gasteiger partial charge >= 0.3 is 0 Å². The van der Waals surface area contributed by atoms with Gasteiger partial charge in [0.05, 0.1) is 12.2 Å². The van der Waals surface area contributed by atoms with Crippen LogP contribution in [0.25, 0.3) is 0 Å². The first-order valence-corrected chi connectivity index (χ1v) is 6.93. The molecule has 1 heterocycles. The van der Waals surface area contributed by atoms with Crippen LogP contribution in [0, 0.1) is 0 Å². The van der Waals surface area contributed by atoms with Gasteiger partial charge in [-0.1, -0.05) is 19.8 Å². The average Bonchev–Trinajstić information content (AvgIpc) is 2.96. The number of rotatable bonds is 5. The van der Waals surface area contributed by atoms with Crippen molar-refractivity contribution in [2.45, 2.75) is 63.7 Å². The normalized spacial score (nSPS) is 31.7. The predicted octanol–water partition coefficient (Wildman–Crippen LogP) is 1.76. The van der Waals surface area contributed by atoms with E-state index < -0.39 is 0 Å². The van der Waals surface area contributed by atoms with Crippen LogP contribution < -0.4 is 5.73 Å². The maximum Gasteiger partial charge on any atom is 0.0707 e. The molecule has 2 unspecified atom stereocenters. The van der Waals surface area contributed by atoms with Gasteiger partial charge in [-0.2, -0.15) is 0 Å². The molecule has 94 valence electrons. The fourth-order valence-electron chi connectivity index (χ4n) is 3.16. The summed E-state index contributed by atoms with van der Waals surface area (Å²) >= 11 is 0. The lowest BCUT2D eigenvalue weighted by molar-refractivity contribution is 0.0193. The zero-order valence-corrected chi connectivity index (χ0v) is 10.5. The summed E-state index contributed by atoms with van der Waals surface area (Å²) in [5.41, 5.74) is 5.64. The van der Waals surface area contributed by atoms with Gasteiger partial charge in [0.15, 0.2) is 0 Å². The minimum atomic E-state index is 0.326. The van der Waals surface area contributed by atoms with E-state index in [1.165, 1.54) is 32.1 Å². The van der Waals surface area contributed by atoms with Gasteiger partial charge in [-0.15, -0.1) is 0 Å². The van der Waals surface area contributed by atoms with Crippen molar-refractivity contribution in [3.63, 3.8) is 0 Å². The summed E-state index contributed by atoms with van der Waals surface area (Å²) in [6, 6.07) is 0.825. The van der Waals surface area contributed by atoms with Gasteiger partial charge in [-0.25, -0.2) is 0 Å². The van der Waals surface area contributed by atoms with Gasteiger partial charge in [-0.05, 0) is 32.2 Å². The average molecular weight is 226 g/mol. The first-order valence-electron chi connectivity index (χ1n) is 6.93. The molecule has 1 saturated heterocycles. The molecule has 0 spiro atoms. The van der Waals surface area contributed by atoms with Crippen LogP contribution >= 0.6 is 0 Å². The highest BCUT2D eigenvalue weighted by molar-refractivity contribution is 4.82. The second kappa shape index (κ2) is 5.99. The lowest BCUT2D eigenvalue weighted by atomic mass is 10.1. The molecule has 0 aromatic carbocycles. The predicted molar refractivity (Wildman–Crippen MR) is 66.5 cm³/mol. The first-order chi connectivity index (χ1) is 7.83. The van der Waals surface area contributed by atoms with Gasteiger partial charge in [0, 0.05) is 19.1 Å². The van der Waals surface area contributed by atoms with Crippen LogP contribution in [0.3, 0.4) is 0 Å². The highest BCUT2D eigenvalue weighted by Crippen LogP contribution is 2.26. The molecule has 1 aliphatic heterocycles. The maximum absolute atomic E-state index is 5.94. The van der Waals surface area contributed by atoms with Crippen molar-refractivity contribution >= 4 is 0 Å². The van der Waals surface area contributed by atoms with E-state index in [0.29, 0.717) is 18.8 Å². The molecule has 1 saturated carbocycles. The molecule has 2 fully saturated rings. The van der Waals surface area contributed by atoms with E-state index in [0.717, 1.165) is 25.6 Å². The van der Waals surface area contributed by atoms with Gasteiger partial charge in [0.1, 0.15) is 0 Å². The van der Waals surface area contributed by atoms with E-state index in [1.54, 1.807) is 0 Å². The SMILES string of the molecule is CCN(CC1CCC(CN)O1)C1CCCC1. The van der Waals surface area contributed by atoms with Crippen LogP contribution in [-0.4, -0.2) is 42.8 Å². The molecule has 1 aliphatic carbocycles. The summed E-state index contributed by atoms with van der Waals surface area (Å²) in [5, 5.41) is 0. The van der Waals surface area contributed by atoms with Gasteiger partial charge in [0.2, 0.25) is 0 Å². The Kier molecular flexibility index (Phi) is 4.62. The lowest BCUT2D eigenvalue weighted by Gasteiger charge is -2.29. The first kappa shape index (κ1) is 12.3. The molecule has 0 aromatic rings.